The Labute approximate surface area is 159 Å². The number of benzene rings is 2. The molecule has 136 valence electrons. The first-order chi connectivity index (χ1) is 12.6. The van der Waals surface area contributed by atoms with Crippen molar-refractivity contribution in [2.75, 3.05) is 17.7 Å². The zero-order valence-corrected chi connectivity index (χ0v) is 16.0. The number of carbonyl (C=O) groups excluding carboxylic acids is 2. The van der Waals surface area contributed by atoms with Gasteiger partial charge in [-0.2, -0.15) is 0 Å². The number of nitrogens with one attached hydrogen (secondary N) is 1. The molecule has 0 bridgehead atoms. The van der Waals surface area contributed by atoms with E-state index < -0.39 is 5.92 Å². The number of nitrogens with zero attached hydrogens (tertiary/aromatic N) is 1. The topological polar surface area (TPSA) is 49.4 Å². The Hall–Kier alpha value is -2.27. The second kappa shape index (κ2) is 8.41. The Morgan fingerprint density at radius 1 is 1.12 bits per heavy atom. The predicted molar refractivity (Wildman–Crippen MR) is 106 cm³/mol. The number of anilines is 1. The third kappa shape index (κ3) is 4.10. The standard InChI is InChI=1S/C21H24N2O2S/c1-3-15-4-8-17(9-5-15)23-13-12-19(21(23)25)20(24)22-14-16-6-10-18(26-2)11-7-16/h4-11,19H,3,12-14H2,1-2H3,(H,22,24). The fourth-order valence-electron chi connectivity index (χ4n) is 3.15. The van der Waals surface area contributed by atoms with Crippen molar-refractivity contribution in [1.29, 1.82) is 0 Å². The molecule has 1 atom stereocenters. The summed E-state index contributed by atoms with van der Waals surface area (Å²) in [7, 11) is 0. The van der Waals surface area contributed by atoms with Gasteiger partial charge in [-0.15, -0.1) is 11.8 Å². The van der Waals surface area contributed by atoms with Gasteiger partial charge in [0.1, 0.15) is 5.92 Å². The van der Waals surface area contributed by atoms with Crippen LogP contribution in [-0.2, 0) is 22.6 Å². The predicted octanol–water partition coefficient (Wildman–Crippen LogP) is 3.64. The minimum atomic E-state index is -0.591. The number of aryl methyl sites for hydroxylation is 1. The molecule has 1 saturated heterocycles. The molecule has 26 heavy (non-hydrogen) atoms. The number of carbonyl (C=O) groups is 2. The van der Waals surface area contributed by atoms with Crippen LogP contribution in [0.2, 0.25) is 0 Å². The Bertz CT molecular complexity index is 772. The molecular weight excluding hydrogens is 344 g/mol. The lowest BCUT2D eigenvalue weighted by atomic mass is 10.1. The molecular formula is C21H24N2O2S. The number of amides is 2. The molecule has 0 spiro atoms. The number of thioether (sulfide) groups is 1. The van der Waals surface area contributed by atoms with Crippen LogP contribution in [0.5, 0.6) is 0 Å². The lowest BCUT2D eigenvalue weighted by molar-refractivity contribution is -0.132. The van der Waals surface area contributed by atoms with E-state index in [1.54, 1.807) is 16.7 Å². The van der Waals surface area contributed by atoms with E-state index >= 15 is 0 Å². The summed E-state index contributed by atoms with van der Waals surface area (Å²) in [6.07, 6.45) is 3.56. The number of hydrogen-bond acceptors (Lipinski definition) is 3. The van der Waals surface area contributed by atoms with Crippen molar-refractivity contribution in [3.8, 4) is 0 Å². The average molecular weight is 369 g/mol. The van der Waals surface area contributed by atoms with Crippen molar-refractivity contribution in [3.05, 3.63) is 59.7 Å². The summed E-state index contributed by atoms with van der Waals surface area (Å²) in [5.41, 5.74) is 3.14. The van der Waals surface area contributed by atoms with Crippen LogP contribution in [0.1, 0.15) is 24.5 Å². The van der Waals surface area contributed by atoms with Gasteiger partial charge < -0.3 is 10.2 Å². The van der Waals surface area contributed by atoms with Gasteiger partial charge >= 0.3 is 0 Å². The lowest BCUT2D eigenvalue weighted by Gasteiger charge is -2.17. The van der Waals surface area contributed by atoms with Crippen molar-refractivity contribution in [1.82, 2.24) is 5.32 Å². The van der Waals surface area contributed by atoms with Crippen LogP contribution in [0.3, 0.4) is 0 Å². The first-order valence-electron chi connectivity index (χ1n) is 8.93. The molecule has 0 saturated carbocycles. The molecule has 2 aromatic rings. The number of hydrogen-bond donors (Lipinski definition) is 1. The van der Waals surface area contributed by atoms with E-state index in [4.69, 9.17) is 0 Å². The smallest absolute Gasteiger partial charge is 0.239 e. The maximum atomic E-state index is 12.7. The third-order valence-electron chi connectivity index (χ3n) is 4.80. The maximum Gasteiger partial charge on any atom is 0.239 e. The quantitative estimate of drug-likeness (QED) is 0.626. The van der Waals surface area contributed by atoms with Gasteiger partial charge in [0.05, 0.1) is 0 Å². The summed E-state index contributed by atoms with van der Waals surface area (Å²) in [4.78, 5) is 28.0. The van der Waals surface area contributed by atoms with Crippen LogP contribution in [0.25, 0.3) is 0 Å². The molecule has 1 aliphatic rings. The summed E-state index contributed by atoms with van der Waals surface area (Å²) in [5.74, 6) is -0.882. The highest BCUT2D eigenvalue weighted by Crippen LogP contribution is 2.26. The fourth-order valence-corrected chi connectivity index (χ4v) is 3.56. The van der Waals surface area contributed by atoms with E-state index in [0.717, 1.165) is 17.7 Å². The van der Waals surface area contributed by atoms with E-state index in [1.165, 1.54) is 10.5 Å². The zero-order valence-electron chi connectivity index (χ0n) is 15.2. The van der Waals surface area contributed by atoms with E-state index in [1.807, 2.05) is 54.8 Å². The summed E-state index contributed by atoms with van der Waals surface area (Å²) < 4.78 is 0. The van der Waals surface area contributed by atoms with Gasteiger partial charge in [-0.3, -0.25) is 9.59 Å². The average Bonchev–Trinajstić information content (AvgIpc) is 3.08. The van der Waals surface area contributed by atoms with Gasteiger partial charge in [0.15, 0.2) is 0 Å². The van der Waals surface area contributed by atoms with Crippen molar-refractivity contribution >= 4 is 29.3 Å². The summed E-state index contributed by atoms with van der Waals surface area (Å²) in [6.45, 7) is 3.14. The van der Waals surface area contributed by atoms with Gasteiger partial charge in [0.2, 0.25) is 11.8 Å². The Morgan fingerprint density at radius 3 is 2.38 bits per heavy atom. The molecule has 3 rings (SSSR count). The first kappa shape index (κ1) is 18.5. The second-order valence-corrected chi connectivity index (χ2v) is 7.30. The van der Waals surface area contributed by atoms with Crippen molar-refractivity contribution in [3.63, 3.8) is 0 Å². The van der Waals surface area contributed by atoms with Crippen molar-refractivity contribution < 1.29 is 9.59 Å². The summed E-state index contributed by atoms with van der Waals surface area (Å²) in [6, 6.07) is 16.1. The SMILES string of the molecule is CCc1ccc(N2CCC(C(=O)NCc3ccc(SC)cc3)C2=O)cc1. The molecule has 1 fully saturated rings. The van der Waals surface area contributed by atoms with Crippen LogP contribution in [-0.4, -0.2) is 24.6 Å². The number of rotatable bonds is 6. The van der Waals surface area contributed by atoms with E-state index in [0.29, 0.717) is 19.5 Å². The van der Waals surface area contributed by atoms with E-state index in [-0.39, 0.29) is 11.8 Å². The molecule has 2 aromatic carbocycles. The summed E-state index contributed by atoms with van der Waals surface area (Å²) >= 11 is 1.69. The Morgan fingerprint density at radius 2 is 1.77 bits per heavy atom. The largest absolute Gasteiger partial charge is 0.351 e. The highest BCUT2D eigenvalue weighted by atomic mass is 32.2. The molecule has 0 aromatic heterocycles. The van der Waals surface area contributed by atoms with Crippen molar-refractivity contribution in [2.45, 2.75) is 31.2 Å². The van der Waals surface area contributed by atoms with Gasteiger partial charge in [0, 0.05) is 23.7 Å². The van der Waals surface area contributed by atoms with Crippen LogP contribution < -0.4 is 10.2 Å². The van der Waals surface area contributed by atoms with Crippen LogP contribution in [0.4, 0.5) is 5.69 Å². The van der Waals surface area contributed by atoms with Crippen LogP contribution in [0, 0.1) is 5.92 Å². The minimum Gasteiger partial charge on any atom is -0.351 e. The van der Waals surface area contributed by atoms with Crippen LogP contribution in [0.15, 0.2) is 53.4 Å². The molecule has 1 unspecified atom stereocenters. The molecule has 5 heteroatoms. The minimum absolute atomic E-state index is 0.107. The monoisotopic (exact) mass is 368 g/mol. The normalized spacial score (nSPS) is 16.8. The third-order valence-corrected chi connectivity index (χ3v) is 5.55. The molecule has 0 aliphatic carbocycles. The van der Waals surface area contributed by atoms with Gasteiger partial charge in [-0.25, -0.2) is 0 Å². The van der Waals surface area contributed by atoms with Crippen LogP contribution >= 0.6 is 11.8 Å². The lowest BCUT2D eigenvalue weighted by Crippen LogP contribution is -2.36. The first-order valence-corrected chi connectivity index (χ1v) is 10.2. The molecule has 2 amide bonds. The highest BCUT2D eigenvalue weighted by molar-refractivity contribution is 7.98. The van der Waals surface area contributed by atoms with Gasteiger partial charge in [-0.1, -0.05) is 31.2 Å². The molecule has 0 radical (unpaired) electrons. The molecule has 4 nitrogen and oxygen atoms in total. The summed E-state index contributed by atoms with van der Waals surface area (Å²) in [5, 5.41) is 2.91. The zero-order chi connectivity index (χ0) is 18.5. The Kier molecular flexibility index (Phi) is 5.99. The highest BCUT2D eigenvalue weighted by Gasteiger charge is 2.37. The van der Waals surface area contributed by atoms with Crippen molar-refractivity contribution in [2.24, 2.45) is 5.92 Å². The van der Waals surface area contributed by atoms with E-state index in [9.17, 15) is 9.59 Å². The van der Waals surface area contributed by atoms with Gasteiger partial charge in [-0.05, 0) is 54.5 Å². The van der Waals surface area contributed by atoms with E-state index in [2.05, 4.69) is 12.2 Å². The molecule has 1 heterocycles. The second-order valence-electron chi connectivity index (χ2n) is 6.42. The van der Waals surface area contributed by atoms with Gasteiger partial charge in [0.25, 0.3) is 0 Å². The molecule has 1 N–H and O–H groups in total. The maximum absolute atomic E-state index is 12.7. The Balaban J connectivity index is 1.58. The molecule has 1 aliphatic heterocycles. The fraction of sp³-hybridized carbons (Fsp3) is 0.333.